The van der Waals surface area contributed by atoms with Crippen molar-refractivity contribution in [3.05, 3.63) is 0 Å². The molecule has 0 amide bonds. The number of aliphatic hydroxyl groups is 1. The minimum atomic E-state index is -0.338. The quantitative estimate of drug-likeness (QED) is 0.608. The van der Waals surface area contributed by atoms with Crippen LogP contribution in [-0.4, -0.2) is 62.6 Å². The van der Waals surface area contributed by atoms with E-state index in [9.17, 15) is 5.11 Å². The van der Waals surface area contributed by atoms with Gasteiger partial charge >= 0.3 is 0 Å². The Hall–Kier alpha value is -0.160. The van der Waals surface area contributed by atoms with E-state index in [0.717, 1.165) is 51.5 Å². The van der Waals surface area contributed by atoms with Crippen LogP contribution in [0, 0.1) is 5.92 Å². The van der Waals surface area contributed by atoms with Gasteiger partial charge in [-0.2, -0.15) is 0 Å². The van der Waals surface area contributed by atoms with Gasteiger partial charge in [-0.3, -0.25) is 0 Å². The lowest BCUT2D eigenvalue weighted by atomic mass is 9.98. The number of nitrogens with zero attached hydrogens (tertiary/aromatic N) is 1. The summed E-state index contributed by atoms with van der Waals surface area (Å²) < 4.78 is 5.46. The van der Waals surface area contributed by atoms with Crippen molar-refractivity contribution in [1.29, 1.82) is 0 Å². The van der Waals surface area contributed by atoms with Crippen LogP contribution >= 0.6 is 0 Å². The second-order valence-electron chi connectivity index (χ2n) is 5.41. The van der Waals surface area contributed by atoms with Gasteiger partial charge in [0.05, 0.1) is 12.7 Å². The number of rotatable bonds is 9. The molecule has 4 nitrogen and oxygen atoms in total. The van der Waals surface area contributed by atoms with Gasteiger partial charge in [-0.05, 0) is 45.3 Å². The van der Waals surface area contributed by atoms with Gasteiger partial charge in [0.2, 0.25) is 0 Å². The van der Waals surface area contributed by atoms with Crippen LogP contribution in [0.2, 0.25) is 0 Å². The molecule has 1 fully saturated rings. The maximum atomic E-state index is 9.93. The SMILES string of the molecule is CCCCOCC(O)CN1CCCC(CNC)C1. The fraction of sp³-hybridized carbons (Fsp3) is 1.00. The van der Waals surface area contributed by atoms with Crippen LogP contribution in [-0.2, 0) is 4.74 Å². The van der Waals surface area contributed by atoms with Gasteiger partial charge in [-0.1, -0.05) is 13.3 Å². The molecule has 2 atom stereocenters. The number of ether oxygens (including phenoxy) is 1. The predicted octanol–water partition coefficient (Wildman–Crippen LogP) is 1.10. The molecule has 1 rings (SSSR count). The van der Waals surface area contributed by atoms with E-state index in [1.165, 1.54) is 12.8 Å². The largest absolute Gasteiger partial charge is 0.389 e. The van der Waals surface area contributed by atoms with Crippen LogP contribution in [0.5, 0.6) is 0 Å². The average Bonchev–Trinajstić information content (AvgIpc) is 2.35. The summed E-state index contributed by atoms with van der Waals surface area (Å²) in [4.78, 5) is 2.37. The molecule has 0 aromatic heterocycles. The average molecular weight is 258 g/mol. The Morgan fingerprint density at radius 2 is 2.33 bits per heavy atom. The number of hydrogen-bond donors (Lipinski definition) is 2. The smallest absolute Gasteiger partial charge is 0.0900 e. The number of likely N-dealkylation sites (tertiary alicyclic amines) is 1. The molecule has 0 radical (unpaired) electrons. The number of β-amino-alcohol motifs (C(OH)–C–C–N with tert-alkyl or cyclic N) is 1. The highest BCUT2D eigenvalue weighted by Crippen LogP contribution is 2.15. The molecule has 0 bridgehead atoms. The van der Waals surface area contributed by atoms with Crippen molar-refractivity contribution in [2.75, 3.05) is 46.4 Å². The van der Waals surface area contributed by atoms with Crippen molar-refractivity contribution in [3.63, 3.8) is 0 Å². The first-order valence-corrected chi connectivity index (χ1v) is 7.39. The van der Waals surface area contributed by atoms with E-state index >= 15 is 0 Å². The Kier molecular flexibility index (Phi) is 8.59. The highest BCUT2D eigenvalue weighted by atomic mass is 16.5. The van der Waals surface area contributed by atoms with E-state index in [2.05, 4.69) is 17.1 Å². The number of unbranched alkanes of at least 4 members (excludes halogenated alkanes) is 1. The maximum Gasteiger partial charge on any atom is 0.0900 e. The van der Waals surface area contributed by atoms with Crippen LogP contribution < -0.4 is 5.32 Å². The molecule has 2 unspecified atom stereocenters. The Morgan fingerprint density at radius 3 is 3.06 bits per heavy atom. The zero-order valence-electron chi connectivity index (χ0n) is 12.0. The van der Waals surface area contributed by atoms with Crippen LogP contribution in [0.4, 0.5) is 0 Å². The summed E-state index contributed by atoms with van der Waals surface area (Å²) in [6.45, 7) is 7.46. The molecule has 0 aliphatic carbocycles. The molecule has 0 saturated carbocycles. The third-order valence-corrected chi connectivity index (χ3v) is 3.52. The fourth-order valence-corrected chi connectivity index (χ4v) is 2.59. The van der Waals surface area contributed by atoms with Gasteiger partial charge in [0, 0.05) is 19.7 Å². The molecule has 1 saturated heterocycles. The molecule has 0 aromatic carbocycles. The van der Waals surface area contributed by atoms with Gasteiger partial charge in [0.15, 0.2) is 0 Å². The first-order valence-electron chi connectivity index (χ1n) is 7.39. The molecular weight excluding hydrogens is 228 g/mol. The Balaban J connectivity index is 2.12. The van der Waals surface area contributed by atoms with E-state index < -0.39 is 0 Å². The lowest BCUT2D eigenvalue weighted by Crippen LogP contribution is -2.43. The predicted molar refractivity (Wildman–Crippen MR) is 74.8 cm³/mol. The van der Waals surface area contributed by atoms with Crippen molar-refractivity contribution in [2.24, 2.45) is 5.92 Å². The minimum Gasteiger partial charge on any atom is -0.389 e. The summed E-state index contributed by atoms with van der Waals surface area (Å²) in [7, 11) is 2.01. The minimum absolute atomic E-state index is 0.338. The van der Waals surface area contributed by atoms with E-state index in [4.69, 9.17) is 4.74 Å². The molecule has 1 aliphatic rings. The lowest BCUT2D eigenvalue weighted by Gasteiger charge is -2.33. The molecular formula is C14H30N2O2. The molecule has 0 spiro atoms. The second kappa shape index (κ2) is 9.73. The Bertz CT molecular complexity index is 200. The zero-order chi connectivity index (χ0) is 13.2. The molecule has 18 heavy (non-hydrogen) atoms. The summed E-state index contributed by atoms with van der Waals surface area (Å²) in [5.74, 6) is 0.733. The van der Waals surface area contributed by atoms with Crippen molar-refractivity contribution >= 4 is 0 Å². The van der Waals surface area contributed by atoms with Crippen LogP contribution in [0.1, 0.15) is 32.6 Å². The van der Waals surface area contributed by atoms with E-state index in [1.54, 1.807) is 0 Å². The summed E-state index contributed by atoms with van der Waals surface area (Å²) in [6.07, 6.45) is 4.44. The number of nitrogens with one attached hydrogen (secondary N) is 1. The van der Waals surface area contributed by atoms with E-state index in [1.807, 2.05) is 7.05 Å². The molecule has 1 heterocycles. The van der Waals surface area contributed by atoms with E-state index in [0.29, 0.717) is 6.61 Å². The third-order valence-electron chi connectivity index (χ3n) is 3.52. The summed E-state index contributed by atoms with van der Waals surface area (Å²) in [5, 5.41) is 13.2. The van der Waals surface area contributed by atoms with Gasteiger partial charge in [-0.15, -0.1) is 0 Å². The monoisotopic (exact) mass is 258 g/mol. The van der Waals surface area contributed by atoms with Crippen molar-refractivity contribution in [3.8, 4) is 0 Å². The third kappa shape index (κ3) is 6.69. The summed E-state index contributed by atoms with van der Waals surface area (Å²) in [6, 6.07) is 0. The molecule has 108 valence electrons. The Labute approximate surface area is 112 Å². The normalized spacial score (nSPS) is 23.2. The van der Waals surface area contributed by atoms with Crippen LogP contribution in [0.25, 0.3) is 0 Å². The standard InChI is InChI=1S/C14H30N2O2/c1-3-4-8-18-12-14(17)11-16-7-5-6-13(10-16)9-15-2/h13-15,17H,3-12H2,1-2H3. The molecule has 4 heteroatoms. The zero-order valence-corrected chi connectivity index (χ0v) is 12.0. The van der Waals surface area contributed by atoms with Gasteiger partial charge in [0.1, 0.15) is 0 Å². The number of piperidine rings is 1. The first kappa shape index (κ1) is 15.9. The van der Waals surface area contributed by atoms with Gasteiger partial charge < -0.3 is 20.1 Å². The maximum absolute atomic E-state index is 9.93. The van der Waals surface area contributed by atoms with Crippen LogP contribution in [0.3, 0.4) is 0 Å². The summed E-state index contributed by atoms with van der Waals surface area (Å²) in [5.41, 5.74) is 0. The second-order valence-corrected chi connectivity index (χ2v) is 5.41. The topological polar surface area (TPSA) is 44.7 Å². The first-order chi connectivity index (χ1) is 8.76. The molecule has 2 N–H and O–H groups in total. The Morgan fingerprint density at radius 1 is 1.50 bits per heavy atom. The highest BCUT2D eigenvalue weighted by Gasteiger charge is 2.21. The van der Waals surface area contributed by atoms with Crippen molar-refractivity contribution in [2.45, 2.75) is 38.7 Å². The fourth-order valence-electron chi connectivity index (χ4n) is 2.59. The molecule has 1 aliphatic heterocycles. The summed E-state index contributed by atoms with van der Waals surface area (Å²) >= 11 is 0. The van der Waals surface area contributed by atoms with Gasteiger partial charge in [0.25, 0.3) is 0 Å². The highest BCUT2D eigenvalue weighted by molar-refractivity contribution is 4.76. The van der Waals surface area contributed by atoms with Gasteiger partial charge in [-0.25, -0.2) is 0 Å². The molecule has 0 aromatic rings. The van der Waals surface area contributed by atoms with Crippen molar-refractivity contribution in [1.82, 2.24) is 10.2 Å². The number of aliphatic hydroxyl groups excluding tert-OH is 1. The number of hydrogen-bond acceptors (Lipinski definition) is 4. The van der Waals surface area contributed by atoms with Crippen LogP contribution in [0.15, 0.2) is 0 Å². The van der Waals surface area contributed by atoms with E-state index in [-0.39, 0.29) is 6.10 Å². The lowest BCUT2D eigenvalue weighted by molar-refractivity contribution is 0.00845. The van der Waals surface area contributed by atoms with Crippen molar-refractivity contribution < 1.29 is 9.84 Å².